The summed E-state index contributed by atoms with van der Waals surface area (Å²) in [5.74, 6) is -1.40. The maximum absolute atomic E-state index is 13.6. The van der Waals surface area contributed by atoms with E-state index in [0.717, 1.165) is 12.1 Å². The lowest BCUT2D eigenvalue weighted by Gasteiger charge is -2.11. The highest BCUT2D eigenvalue weighted by Crippen LogP contribution is 2.36. The summed E-state index contributed by atoms with van der Waals surface area (Å²) in [4.78, 5) is 12.0. The summed E-state index contributed by atoms with van der Waals surface area (Å²) in [5, 5.41) is 0.323. The summed E-state index contributed by atoms with van der Waals surface area (Å²) in [6.07, 6.45) is 2.66. The second kappa shape index (κ2) is 7.93. The molecule has 0 aliphatic heterocycles. The van der Waals surface area contributed by atoms with E-state index in [1.54, 1.807) is 12.1 Å². The van der Waals surface area contributed by atoms with Crippen LogP contribution in [0.3, 0.4) is 0 Å². The molecule has 0 fully saturated rings. The van der Waals surface area contributed by atoms with Crippen molar-refractivity contribution in [3.63, 3.8) is 0 Å². The molecule has 0 amide bonds. The molecule has 0 N–H and O–H groups in total. The minimum absolute atomic E-state index is 0.211. The van der Waals surface area contributed by atoms with Crippen LogP contribution in [0, 0.1) is 11.6 Å². The first kappa shape index (κ1) is 17.9. The summed E-state index contributed by atoms with van der Waals surface area (Å²) in [6.45, 7) is 2.23. The highest BCUT2D eigenvalue weighted by Gasteiger charge is 2.12. The SMILES string of the molecule is CCOc1cc(/C=C/C(=O)c2ccc(F)cc2F)cc(Cl)c1OC. The molecule has 2 rings (SSSR count). The Kier molecular flexibility index (Phi) is 5.93. The van der Waals surface area contributed by atoms with E-state index in [2.05, 4.69) is 0 Å². The van der Waals surface area contributed by atoms with Crippen molar-refractivity contribution in [3.8, 4) is 11.5 Å². The number of carbonyl (C=O) groups is 1. The topological polar surface area (TPSA) is 35.5 Å². The molecule has 2 aromatic carbocycles. The minimum Gasteiger partial charge on any atom is -0.491 e. The second-order valence-corrected chi connectivity index (χ2v) is 5.20. The third kappa shape index (κ3) is 4.11. The highest BCUT2D eigenvalue weighted by atomic mass is 35.5. The van der Waals surface area contributed by atoms with Gasteiger partial charge in [0.15, 0.2) is 17.3 Å². The Bertz CT molecular complexity index is 788. The summed E-state index contributed by atoms with van der Waals surface area (Å²) >= 11 is 6.12. The largest absolute Gasteiger partial charge is 0.491 e. The third-order valence-electron chi connectivity index (χ3n) is 3.16. The van der Waals surface area contributed by atoms with E-state index in [-0.39, 0.29) is 5.56 Å². The number of carbonyl (C=O) groups excluding carboxylic acids is 1. The van der Waals surface area contributed by atoms with Crippen molar-refractivity contribution in [3.05, 3.63) is 64.2 Å². The van der Waals surface area contributed by atoms with E-state index in [1.165, 1.54) is 19.3 Å². The zero-order chi connectivity index (χ0) is 17.7. The number of benzene rings is 2. The van der Waals surface area contributed by atoms with Gasteiger partial charge in [0.1, 0.15) is 11.6 Å². The van der Waals surface area contributed by atoms with Crippen LogP contribution in [0.15, 0.2) is 36.4 Å². The van der Waals surface area contributed by atoms with Gasteiger partial charge in [-0.3, -0.25) is 4.79 Å². The summed E-state index contributed by atoms with van der Waals surface area (Å²) < 4.78 is 37.1. The number of methoxy groups -OCH3 is 1. The first-order valence-electron chi connectivity index (χ1n) is 7.14. The maximum atomic E-state index is 13.6. The summed E-state index contributed by atoms with van der Waals surface area (Å²) in [5.41, 5.74) is 0.373. The fourth-order valence-corrected chi connectivity index (χ4v) is 2.39. The molecule has 0 aromatic heterocycles. The molecule has 24 heavy (non-hydrogen) atoms. The number of hydrogen-bond acceptors (Lipinski definition) is 3. The zero-order valence-corrected chi connectivity index (χ0v) is 13.9. The van der Waals surface area contributed by atoms with Crippen LogP contribution in [0.2, 0.25) is 5.02 Å². The molecule has 3 nitrogen and oxygen atoms in total. The molecule has 2 aromatic rings. The Morgan fingerprint density at radius 3 is 2.62 bits per heavy atom. The molecule has 0 unspecified atom stereocenters. The van der Waals surface area contributed by atoms with E-state index in [9.17, 15) is 13.6 Å². The van der Waals surface area contributed by atoms with Gasteiger partial charge in [0.25, 0.3) is 0 Å². The molecule has 0 aliphatic rings. The van der Waals surface area contributed by atoms with E-state index in [4.69, 9.17) is 21.1 Å². The van der Waals surface area contributed by atoms with Crippen molar-refractivity contribution in [1.29, 1.82) is 0 Å². The van der Waals surface area contributed by atoms with E-state index < -0.39 is 17.4 Å². The molecule has 0 bridgehead atoms. The predicted octanol–water partition coefficient (Wildman–Crippen LogP) is 4.92. The number of allylic oxidation sites excluding steroid dienone is 1. The van der Waals surface area contributed by atoms with Crippen LogP contribution < -0.4 is 9.47 Å². The van der Waals surface area contributed by atoms with E-state index >= 15 is 0 Å². The van der Waals surface area contributed by atoms with Crippen molar-refractivity contribution in [2.75, 3.05) is 13.7 Å². The number of hydrogen-bond donors (Lipinski definition) is 0. The van der Waals surface area contributed by atoms with Crippen LogP contribution in [0.4, 0.5) is 8.78 Å². The lowest BCUT2D eigenvalue weighted by atomic mass is 10.1. The van der Waals surface area contributed by atoms with E-state index in [1.807, 2.05) is 6.92 Å². The lowest BCUT2D eigenvalue weighted by molar-refractivity contribution is 0.104. The van der Waals surface area contributed by atoms with Crippen molar-refractivity contribution in [2.45, 2.75) is 6.92 Å². The fraction of sp³-hybridized carbons (Fsp3) is 0.167. The number of ketones is 1. The lowest BCUT2D eigenvalue weighted by Crippen LogP contribution is -1.99. The Balaban J connectivity index is 2.29. The number of rotatable bonds is 6. The average Bonchev–Trinajstić information content (AvgIpc) is 2.53. The van der Waals surface area contributed by atoms with Crippen molar-refractivity contribution >= 4 is 23.5 Å². The van der Waals surface area contributed by atoms with Crippen LogP contribution in [-0.2, 0) is 0 Å². The van der Waals surface area contributed by atoms with Gasteiger partial charge in [0.05, 0.1) is 24.3 Å². The fourth-order valence-electron chi connectivity index (χ4n) is 2.10. The molecule has 0 saturated heterocycles. The Morgan fingerprint density at radius 2 is 2.00 bits per heavy atom. The van der Waals surface area contributed by atoms with Gasteiger partial charge in [-0.05, 0) is 42.8 Å². The van der Waals surface area contributed by atoms with Gasteiger partial charge in [-0.2, -0.15) is 0 Å². The van der Waals surface area contributed by atoms with Crippen LogP contribution in [-0.4, -0.2) is 19.5 Å². The second-order valence-electron chi connectivity index (χ2n) is 4.79. The molecule has 126 valence electrons. The van der Waals surface area contributed by atoms with Crippen LogP contribution in [0.5, 0.6) is 11.5 Å². The molecule has 0 atom stereocenters. The van der Waals surface area contributed by atoms with Crippen LogP contribution in [0.1, 0.15) is 22.8 Å². The van der Waals surface area contributed by atoms with Gasteiger partial charge in [-0.15, -0.1) is 0 Å². The number of ether oxygens (including phenoxy) is 2. The molecule has 0 heterocycles. The van der Waals surface area contributed by atoms with Gasteiger partial charge < -0.3 is 9.47 Å². The van der Waals surface area contributed by atoms with Gasteiger partial charge in [-0.25, -0.2) is 8.78 Å². The molecular formula is C18H15ClF2O3. The quantitative estimate of drug-likeness (QED) is 0.546. The van der Waals surface area contributed by atoms with Gasteiger partial charge in [-0.1, -0.05) is 17.7 Å². The van der Waals surface area contributed by atoms with Gasteiger partial charge >= 0.3 is 0 Å². The van der Waals surface area contributed by atoms with Crippen molar-refractivity contribution < 1.29 is 23.0 Å². The van der Waals surface area contributed by atoms with Crippen LogP contribution in [0.25, 0.3) is 6.08 Å². The van der Waals surface area contributed by atoms with Gasteiger partial charge in [0.2, 0.25) is 0 Å². The number of halogens is 3. The van der Waals surface area contributed by atoms with Gasteiger partial charge in [0, 0.05) is 6.07 Å². The normalized spacial score (nSPS) is 10.9. The molecule has 0 aliphatic carbocycles. The third-order valence-corrected chi connectivity index (χ3v) is 3.44. The molecule has 0 saturated carbocycles. The predicted molar refractivity (Wildman–Crippen MR) is 88.9 cm³/mol. The molecular weight excluding hydrogens is 338 g/mol. The maximum Gasteiger partial charge on any atom is 0.188 e. The first-order chi connectivity index (χ1) is 11.5. The summed E-state index contributed by atoms with van der Waals surface area (Å²) in [6, 6.07) is 6.04. The zero-order valence-electron chi connectivity index (χ0n) is 13.1. The summed E-state index contributed by atoms with van der Waals surface area (Å²) in [7, 11) is 1.47. The highest BCUT2D eigenvalue weighted by molar-refractivity contribution is 6.32. The monoisotopic (exact) mass is 352 g/mol. The minimum atomic E-state index is -0.910. The average molecular weight is 353 g/mol. The first-order valence-corrected chi connectivity index (χ1v) is 7.51. The molecule has 0 radical (unpaired) electrons. The van der Waals surface area contributed by atoms with E-state index in [0.29, 0.717) is 34.8 Å². The standard InChI is InChI=1S/C18H15ClF2O3/c1-3-24-17-9-11(8-14(19)18(17)23-2)4-7-16(22)13-6-5-12(20)10-15(13)21/h4-10H,3H2,1-2H3/b7-4+. The molecule has 0 spiro atoms. The Hall–Kier alpha value is -2.40. The Labute approximate surface area is 143 Å². The Morgan fingerprint density at radius 1 is 1.25 bits per heavy atom. The smallest absolute Gasteiger partial charge is 0.188 e. The molecule has 6 heteroatoms. The van der Waals surface area contributed by atoms with Crippen LogP contribution >= 0.6 is 11.6 Å². The van der Waals surface area contributed by atoms with Crippen molar-refractivity contribution in [1.82, 2.24) is 0 Å². The van der Waals surface area contributed by atoms with Crippen molar-refractivity contribution in [2.24, 2.45) is 0 Å².